The lowest BCUT2D eigenvalue weighted by Crippen LogP contribution is -2.47. The second kappa shape index (κ2) is 14.8. The molecule has 0 heterocycles. The minimum atomic E-state index is -1.11. The van der Waals surface area contributed by atoms with Gasteiger partial charge in [0.05, 0.1) is 27.7 Å². The van der Waals surface area contributed by atoms with Crippen molar-refractivity contribution in [2.24, 2.45) is 5.10 Å². The second-order valence-electron chi connectivity index (χ2n) is 8.18. The van der Waals surface area contributed by atoms with E-state index >= 15 is 0 Å². The van der Waals surface area contributed by atoms with Crippen LogP contribution >= 0.6 is 11.8 Å². The molecule has 0 fully saturated rings. The molecule has 0 saturated heterocycles. The first-order valence-electron chi connectivity index (χ1n) is 11.8. The number of carbonyl (C=O) groups is 2. The van der Waals surface area contributed by atoms with Gasteiger partial charge in [0.2, 0.25) is 0 Å². The van der Waals surface area contributed by atoms with Crippen molar-refractivity contribution in [2.75, 3.05) is 12.4 Å². The molecule has 40 heavy (non-hydrogen) atoms. The molecule has 0 bridgehead atoms. The Morgan fingerprint density at radius 1 is 1.00 bits per heavy atom. The number of thioether (sulfide) groups is 1. The van der Waals surface area contributed by atoms with Crippen LogP contribution in [0.1, 0.15) is 21.5 Å². The molecule has 3 rings (SSSR count). The molecule has 0 radical (unpaired) electrons. The summed E-state index contributed by atoms with van der Waals surface area (Å²) in [4.78, 5) is 46.7. The van der Waals surface area contributed by atoms with Crippen molar-refractivity contribution in [1.82, 2.24) is 10.7 Å². The monoisotopic (exact) mass is 563 g/mol. The fourth-order valence-corrected chi connectivity index (χ4v) is 4.30. The fraction of sp³-hybridized carbons (Fsp3) is 0.148. The average Bonchev–Trinajstić information content (AvgIpc) is 2.96. The predicted octanol–water partition coefficient (Wildman–Crippen LogP) is 4.25. The van der Waals surface area contributed by atoms with Gasteiger partial charge in [0.1, 0.15) is 18.4 Å². The Kier molecular flexibility index (Phi) is 10.9. The summed E-state index contributed by atoms with van der Waals surface area (Å²) in [6.07, 6.45) is 3.04. The van der Waals surface area contributed by atoms with Gasteiger partial charge >= 0.3 is 0 Å². The molecule has 0 aliphatic rings. The van der Waals surface area contributed by atoms with Crippen LogP contribution in [-0.4, -0.2) is 46.3 Å². The zero-order chi connectivity index (χ0) is 28.9. The van der Waals surface area contributed by atoms with Gasteiger partial charge in [-0.15, -0.1) is 0 Å². The summed E-state index contributed by atoms with van der Waals surface area (Å²) >= 11 is 1.37. The van der Waals surface area contributed by atoms with Crippen molar-refractivity contribution >= 4 is 41.2 Å². The standard InChI is InChI=1S/C27H25N5O7S/c1-2-12-39-24-10-8-19(9-11-24)16-28-30-27(34)25(18-40-17-20-6-4-3-5-7-20)29-26(33)21-13-22(31(35)36)15-23(14-21)32(37)38/h2-11,13-16,25H,1,12,17-18H2,(H,29,33)(H,30,34)/b28-16+. The number of amides is 2. The summed E-state index contributed by atoms with van der Waals surface area (Å²) in [5.74, 6) is -0.205. The first-order chi connectivity index (χ1) is 19.3. The Balaban J connectivity index is 1.73. The second-order valence-corrected chi connectivity index (χ2v) is 9.21. The number of rotatable bonds is 14. The molecule has 0 spiro atoms. The fourth-order valence-electron chi connectivity index (χ4n) is 3.28. The highest BCUT2D eigenvalue weighted by molar-refractivity contribution is 7.98. The number of hydrogen-bond donors (Lipinski definition) is 2. The van der Waals surface area contributed by atoms with Crippen LogP contribution in [0.3, 0.4) is 0 Å². The van der Waals surface area contributed by atoms with Gasteiger partial charge < -0.3 is 10.1 Å². The van der Waals surface area contributed by atoms with E-state index in [2.05, 4.69) is 22.4 Å². The van der Waals surface area contributed by atoms with Gasteiger partial charge in [-0.1, -0.05) is 43.0 Å². The number of nitro benzene ring substituents is 2. The minimum absolute atomic E-state index is 0.133. The van der Waals surface area contributed by atoms with E-state index in [4.69, 9.17) is 4.74 Å². The Hall–Kier alpha value is -5.04. The zero-order valence-corrected chi connectivity index (χ0v) is 21.9. The Morgan fingerprint density at radius 3 is 2.25 bits per heavy atom. The number of nitrogens with one attached hydrogen (secondary N) is 2. The quantitative estimate of drug-likeness (QED) is 0.127. The highest BCUT2D eigenvalue weighted by Gasteiger charge is 2.25. The summed E-state index contributed by atoms with van der Waals surface area (Å²) in [6.45, 7) is 3.95. The Bertz CT molecular complexity index is 1370. The van der Waals surface area contributed by atoms with Crippen molar-refractivity contribution in [3.05, 3.63) is 122 Å². The number of hydrazone groups is 1. The third-order valence-corrected chi connectivity index (χ3v) is 6.35. The van der Waals surface area contributed by atoms with Crippen LogP contribution in [0.4, 0.5) is 11.4 Å². The van der Waals surface area contributed by atoms with Gasteiger partial charge in [-0.3, -0.25) is 29.8 Å². The maximum atomic E-state index is 13.0. The number of nitro groups is 2. The van der Waals surface area contributed by atoms with E-state index in [1.165, 1.54) is 18.0 Å². The Labute approximate surface area is 233 Å². The normalized spacial score (nSPS) is 11.4. The van der Waals surface area contributed by atoms with Crippen molar-refractivity contribution in [2.45, 2.75) is 11.8 Å². The van der Waals surface area contributed by atoms with Gasteiger partial charge in [0.25, 0.3) is 23.2 Å². The molecule has 2 amide bonds. The van der Waals surface area contributed by atoms with E-state index in [0.29, 0.717) is 23.7 Å². The van der Waals surface area contributed by atoms with Gasteiger partial charge in [0, 0.05) is 23.6 Å². The van der Waals surface area contributed by atoms with Crippen molar-refractivity contribution in [1.29, 1.82) is 0 Å². The van der Waals surface area contributed by atoms with Crippen molar-refractivity contribution < 1.29 is 24.2 Å². The smallest absolute Gasteiger partial charge is 0.277 e. The van der Waals surface area contributed by atoms with Crippen molar-refractivity contribution in [3.63, 3.8) is 0 Å². The molecule has 0 aliphatic heterocycles. The van der Waals surface area contributed by atoms with Crippen LogP contribution in [0, 0.1) is 20.2 Å². The molecular formula is C27H25N5O7S. The minimum Gasteiger partial charge on any atom is -0.490 e. The molecule has 206 valence electrons. The van der Waals surface area contributed by atoms with Gasteiger partial charge in [-0.25, -0.2) is 5.43 Å². The predicted molar refractivity (Wildman–Crippen MR) is 151 cm³/mol. The lowest BCUT2D eigenvalue weighted by atomic mass is 10.1. The lowest BCUT2D eigenvalue weighted by molar-refractivity contribution is -0.394. The molecule has 0 aromatic heterocycles. The van der Waals surface area contributed by atoms with Gasteiger partial charge in [0.15, 0.2) is 0 Å². The molecule has 2 N–H and O–H groups in total. The highest BCUT2D eigenvalue weighted by atomic mass is 32.2. The molecule has 1 atom stereocenters. The van der Waals surface area contributed by atoms with E-state index < -0.39 is 39.1 Å². The topological polar surface area (TPSA) is 166 Å². The van der Waals surface area contributed by atoms with E-state index in [1.54, 1.807) is 30.3 Å². The first kappa shape index (κ1) is 29.5. The van der Waals surface area contributed by atoms with Crippen LogP contribution in [0.2, 0.25) is 0 Å². The summed E-state index contributed by atoms with van der Waals surface area (Å²) < 4.78 is 5.42. The number of ether oxygens (including phenoxy) is 1. The number of benzene rings is 3. The Morgan fingerprint density at radius 2 is 1.65 bits per heavy atom. The maximum absolute atomic E-state index is 13.0. The van der Waals surface area contributed by atoms with E-state index in [-0.39, 0.29) is 11.3 Å². The van der Waals surface area contributed by atoms with Crippen LogP contribution in [0.5, 0.6) is 5.75 Å². The largest absolute Gasteiger partial charge is 0.490 e. The summed E-state index contributed by atoms with van der Waals surface area (Å²) in [6, 6.07) is 17.9. The summed E-state index contributed by atoms with van der Waals surface area (Å²) in [5.41, 5.74) is 2.50. The SMILES string of the molecule is C=CCOc1ccc(/C=N/NC(=O)C(CSCc2ccccc2)NC(=O)c2cc([N+](=O)[O-])cc([N+](=O)[O-])c2)cc1. The van der Waals surface area contributed by atoms with Gasteiger partial charge in [-0.05, 0) is 35.4 Å². The molecule has 3 aromatic carbocycles. The van der Waals surface area contributed by atoms with Gasteiger partial charge in [-0.2, -0.15) is 16.9 Å². The van der Waals surface area contributed by atoms with Crippen LogP contribution in [0.15, 0.2) is 90.6 Å². The van der Waals surface area contributed by atoms with Crippen LogP contribution in [0.25, 0.3) is 0 Å². The molecular weight excluding hydrogens is 538 g/mol. The zero-order valence-electron chi connectivity index (χ0n) is 21.1. The molecule has 13 heteroatoms. The molecule has 0 aliphatic carbocycles. The van der Waals surface area contributed by atoms with Crippen LogP contribution in [-0.2, 0) is 10.5 Å². The first-order valence-corrected chi connectivity index (χ1v) is 13.0. The number of non-ortho nitro benzene ring substituents is 2. The third kappa shape index (κ3) is 9.06. The number of carbonyl (C=O) groups excluding carboxylic acids is 2. The number of hydrogen-bond acceptors (Lipinski definition) is 9. The van der Waals surface area contributed by atoms with E-state index in [9.17, 15) is 29.8 Å². The van der Waals surface area contributed by atoms with E-state index in [0.717, 1.165) is 23.8 Å². The number of nitrogens with zero attached hydrogens (tertiary/aromatic N) is 3. The van der Waals surface area contributed by atoms with Crippen molar-refractivity contribution in [3.8, 4) is 5.75 Å². The van der Waals surface area contributed by atoms with Crippen LogP contribution < -0.4 is 15.5 Å². The third-order valence-electron chi connectivity index (χ3n) is 5.24. The molecule has 1 unspecified atom stereocenters. The van der Waals surface area contributed by atoms with E-state index in [1.807, 2.05) is 30.3 Å². The maximum Gasteiger partial charge on any atom is 0.277 e. The lowest BCUT2D eigenvalue weighted by Gasteiger charge is -2.17. The highest BCUT2D eigenvalue weighted by Crippen LogP contribution is 2.23. The summed E-state index contributed by atoms with van der Waals surface area (Å²) in [7, 11) is 0. The molecule has 12 nitrogen and oxygen atoms in total. The summed E-state index contributed by atoms with van der Waals surface area (Å²) in [5, 5.41) is 28.9. The molecule has 0 saturated carbocycles. The average molecular weight is 564 g/mol. The molecule has 3 aromatic rings.